The molecule has 0 aliphatic rings. The molecular formula is C5H15ClFNO. The Balaban J connectivity index is -0.000000180. The van der Waals surface area contributed by atoms with Crippen molar-refractivity contribution in [3.8, 4) is 0 Å². The van der Waals surface area contributed by atoms with Crippen molar-refractivity contribution in [1.29, 1.82) is 0 Å². The summed E-state index contributed by atoms with van der Waals surface area (Å²) >= 11 is 0. The highest BCUT2D eigenvalue weighted by atomic mass is 35.5. The van der Waals surface area contributed by atoms with E-state index in [0.717, 1.165) is 11.0 Å². The molecule has 0 aromatic rings. The summed E-state index contributed by atoms with van der Waals surface area (Å²) in [5.41, 5.74) is 0. The molecule has 0 unspecified atom stereocenters. The molecule has 0 amide bonds. The number of rotatable bonds is 2. The summed E-state index contributed by atoms with van der Waals surface area (Å²) in [5, 5.41) is 8.39. The van der Waals surface area contributed by atoms with Gasteiger partial charge in [-0.1, -0.05) is 0 Å². The number of aliphatic hydroxyl groups is 1. The van der Waals surface area contributed by atoms with Crippen LogP contribution >= 0.6 is 0 Å². The summed E-state index contributed by atoms with van der Waals surface area (Å²) in [4.78, 5) is 0. The molecule has 0 aromatic carbocycles. The van der Waals surface area contributed by atoms with Gasteiger partial charge in [0.15, 0.2) is 0 Å². The van der Waals surface area contributed by atoms with Gasteiger partial charge in [0.25, 0.3) is 0 Å². The third-order valence-electron chi connectivity index (χ3n) is 0.771. The average Bonchev–Trinajstić information content (AvgIpc) is 1.30. The number of halogens is 2. The first-order valence-electron chi connectivity index (χ1n) is 2.47. The number of hydrogen-bond acceptors (Lipinski definition) is 1. The van der Waals surface area contributed by atoms with Crippen molar-refractivity contribution in [2.75, 3.05) is 34.3 Å². The second-order valence-corrected chi connectivity index (χ2v) is 2.74. The Morgan fingerprint density at radius 3 is 1.56 bits per heavy atom. The molecule has 0 spiro atoms. The number of aliphatic hydroxyl groups excluding tert-OH is 1. The van der Waals surface area contributed by atoms with Gasteiger partial charge in [-0.25, -0.2) is 0 Å². The molecule has 0 saturated heterocycles. The Morgan fingerprint density at radius 1 is 1.22 bits per heavy atom. The maximum atomic E-state index is 8.39. The molecule has 0 aliphatic carbocycles. The molecule has 1 N–H and O–H groups in total. The normalized spacial score (nSPS) is 9.33. The molecule has 0 heterocycles. The third kappa shape index (κ3) is 17.9. The fourth-order valence-electron chi connectivity index (χ4n) is 0.300. The molecule has 2 nitrogen and oxygen atoms in total. The van der Waals surface area contributed by atoms with Crippen LogP contribution in [0.15, 0.2) is 0 Å². The number of hydrogen-bond donors (Lipinski definition) is 1. The quantitative estimate of drug-likeness (QED) is 0.422. The molecule has 0 aromatic heterocycles. The first-order chi connectivity index (χ1) is 3.06. The largest absolute Gasteiger partial charge is 1.00 e. The summed E-state index contributed by atoms with van der Waals surface area (Å²) in [6, 6.07) is 0. The van der Waals surface area contributed by atoms with E-state index < -0.39 is 0 Å². The highest BCUT2D eigenvalue weighted by Gasteiger charge is 2.02. The lowest BCUT2D eigenvalue weighted by Gasteiger charge is -2.21. The topological polar surface area (TPSA) is 20.2 Å². The van der Waals surface area contributed by atoms with Crippen LogP contribution < -0.4 is 12.4 Å². The number of quaternary nitrogens is 1. The van der Waals surface area contributed by atoms with Gasteiger partial charge in [0.2, 0.25) is 0 Å². The van der Waals surface area contributed by atoms with Crippen LogP contribution in [0.3, 0.4) is 0 Å². The van der Waals surface area contributed by atoms with Gasteiger partial charge in [0, 0.05) is 0 Å². The Morgan fingerprint density at radius 2 is 1.56 bits per heavy atom. The van der Waals surface area contributed by atoms with Crippen LogP contribution in [0.1, 0.15) is 0 Å². The Kier molecular flexibility index (Phi) is 11.2. The molecule has 0 rings (SSSR count). The maximum absolute atomic E-state index is 8.39. The molecule has 0 bridgehead atoms. The molecule has 0 aliphatic heterocycles. The van der Waals surface area contributed by atoms with Crippen LogP contribution in [0.25, 0.3) is 0 Å². The fourth-order valence-corrected chi connectivity index (χ4v) is 0.300. The minimum atomic E-state index is 0. The molecule has 0 atom stereocenters. The smallest absolute Gasteiger partial charge is 0.101 e. The SMILES string of the molecule is C[N+](C)(C)CCO.F.[Cl-]. The van der Waals surface area contributed by atoms with E-state index in [2.05, 4.69) is 21.1 Å². The van der Waals surface area contributed by atoms with E-state index >= 15 is 0 Å². The molecule has 0 saturated carbocycles. The Labute approximate surface area is 61.8 Å². The Hall–Kier alpha value is 0.140. The average molecular weight is 160 g/mol. The lowest BCUT2D eigenvalue weighted by atomic mass is 10.5. The van der Waals surface area contributed by atoms with Crippen molar-refractivity contribution in [1.82, 2.24) is 0 Å². The van der Waals surface area contributed by atoms with Crippen LogP contribution in [0.5, 0.6) is 0 Å². The third-order valence-corrected chi connectivity index (χ3v) is 0.771. The van der Waals surface area contributed by atoms with Gasteiger partial charge in [-0.05, 0) is 0 Å². The van der Waals surface area contributed by atoms with Crippen molar-refractivity contribution in [3.63, 3.8) is 0 Å². The van der Waals surface area contributed by atoms with E-state index in [-0.39, 0.29) is 23.7 Å². The fraction of sp³-hybridized carbons (Fsp3) is 1.00. The van der Waals surface area contributed by atoms with Crippen LogP contribution in [-0.4, -0.2) is 43.9 Å². The Bertz CT molecular complexity index is 55.4. The summed E-state index contributed by atoms with van der Waals surface area (Å²) in [6.45, 7) is 1.11. The van der Waals surface area contributed by atoms with Crippen molar-refractivity contribution in [2.45, 2.75) is 0 Å². The first-order valence-corrected chi connectivity index (χ1v) is 2.47. The highest BCUT2D eigenvalue weighted by molar-refractivity contribution is 4.19. The second-order valence-electron chi connectivity index (χ2n) is 2.74. The van der Waals surface area contributed by atoms with E-state index in [4.69, 9.17) is 5.11 Å². The predicted octanol–water partition coefficient (Wildman–Crippen LogP) is -3.16. The van der Waals surface area contributed by atoms with E-state index in [1.165, 1.54) is 0 Å². The van der Waals surface area contributed by atoms with E-state index in [9.17, 15) is 0 Å². The van der Waals surface area contributed by atoms with Crippen LogP contribution in [0.4, 0.5) is 4.70 Å². The summed E-state index contributed by atoms with van der Waals surface area (Å²) in [5.74, 6) is 0. The number of likely N-dealkylation sites (N-methyl/N-ethyl adjacent to an activating group) is 1. The van der Waals surface area contributed by atoms with Crippen LogP contribution in [0.2, 0.25) is 0 Å². The summed E-state index contributed by atoms with van der Waals surface area (Å²) < 4.78 is 0.844. The number of nitrogens with zero attached hydrogens (tertiary/aromatic N) is 1. The first kappa shape index (κ1) is 16.1. The minimum absolute atomic E-state index is 0. The zero-order valence-electron chi connectivity index (χ0n) is 6.09. The second kappa shape index (κ2) is 6.26. The molecule has 4 heteroatoms. The molecular weight excluding hydrogens is 145 g/mol. The maximum Gasteiger partial charge on any atom is 0.101 e. The molecule has 0 radical (unpaired) electrons. The predicted molar refractivity (Wildman–Crippen MR) is 32.5 cm³/mol. The van der Waals surface area contributed by atoms with Gasteiger partial charge in [-0.3, -0.25) is 4.70 Å². The van der Waals surface area contributed by atoms with E-state index in [0.29, 0.717) is 0 Å². The standard InChI is InChI=1S/C5H14NO.ClH.FH/c1-6(2,3)4-5-7;;/h7H,4-5H2,1-3H3;2*1H/q+1;;/p-1. The van der Waals surface area contributed by atoms with Gasteiger partial charge >= 0.3 is 0 Å². The zero-order valence-corrected chi connectivity index (χ0v) is 6.85. The molecule has 60 valence electrons. The van der Waals surface area contributed by atoms with Gasteiger partial charge < -0.3 is 22.0 Å². The van der Waals surface area contributed by atoms with Crippen molar-refractivity contribution in [3.05, 3.63) is 0 Å². The lowest BCUT2D eigenvalue weighted by molar-refractivity contribution is -0.870. The van der Waals surface area contributed by atoms with Crippen LogP contribution in [0, 0.1) is 0 Å². The van der Waals surface area contributed by atoms with Crippen molar-refractivity contribution < 1.29 is 26.7 Å². The minimum Gasteiger partial charge on any atom is -1.00 e. The van der Waals surface area contributed by atoms with Gasteiger partial charge in [-0.2, -0.15) is 0 Å². The monoisotopic (exact) mass is 159 g/mol. The van der Waals surface area contributed by atoms with Gasteiger partial charge in [0.1, 0.15) is 6.54 Å². The lowest BCUT2D eigenvalue weighted by Crippen LogP contribution is -3.00. The van der Waals surface area contributed by atoms with E-state index in [1.54, 1.807) is 0 Å². The van der Waals surface area contributed by atoms with Gasteiger partial charge in [0.05, 0.1) is 27.7 Å². The zero-order chi connectivity index (χ0) is 5.91. The van der Waals surface area contributed by atoms with Gasteiger partial charge in [-0.15, -0.1) is 0 Å². The highest BCUT2D eigenvalue weighted by Crippen LogP contribution is 1.84. The summed E-state index contributed by atoms with van der Waals surface area (Å²) in [6.07, 6.45) is 0. The van der Waals surface area contributed by atoms with Crippen molar-refractivity contribution in [2.24, 2.45) is 0 Å². The van der Waals surface area contributed by atoms with E-state index in [1.807, 2.05) is 0 Å². The summed E-state index contributed by atoms with van der Waals surface area (Å²) in [7, 11) is 6.16. The van der Waals surface area contributed by atoms with Crippen LogP contribution in [-0.2, 0) is 0 Å². The molecule has 0 fully saturated rings. The van der Waals surface area contributed by atoms with Crippen molar-refractivity contribution >= 4 is 0 Å². The molecule has 9 heavy (non-hydrogen) atoms.